The molecule has 1 aromatic rings. The molecule has 96 valence electrons. The fraction of sp³-hybridized carbons (Fsp3) is 0.667. The number of carbonyl (C=O) groups is 1. The van der Waals surface area contributed by atoms with Gasteiger partial charge >= 0.3 is 5.97 Å². The second-order valence-electron chi connectivity index (χ2n) is 4.55. The molecular weight excluding hydrogens is 220 g/mol. The van der Waals surface area contributed by atoms with Gasteiger partial charge in [0.25, 0.3) is 0 Å². The number of nitrogens with one attached hydrogen (secondary N) is 1. The first-order chi connectivity index (χ1) is 8.02. The molecule has 0 bridgehead atoms. The normalized spacial score (nSPS) is 12.8. The summed E-state index contributed by atoms with van der Waals surface area (Å²) in [6.45, 7) is 6.39. The van der Waals surface area contributed by atoms with Gasteiger partial charge in [-0.2, -0.15) is 5.10 Å². The Balaban J connectivity index is 2.54. The molecule has 1 rings (SSSR count). The Morgan fingerprint density at radius 1 is 1.47 bits per heavy atom. The first-order valence-electron chi connectivity index (χ1n) is 5.77. The second kappa shape index (κ2) is 6.39. The van der Waals surface area contributed by atoms with Crippen LogP contribution in [-0.2, 0) is 15.9 Å². The second-order valence-corrected chi connectivity index (χ2v) is 4.55. The number of nitrogens with zero attached hydrogens (tertiary/aromatic N) is 1. The van der Waals surface area contributed by atoms with Gasteiger partial charge in [-0.3, -0.25) is 5.10 Å². The molecule has 5 heteroatoms. The van der Waals surface area contributed by atoms with Crippen molar-refractivity contribution in [3.63, 3.8) is 0 Å². The molecule has 0 spiro atoms. The fourth-order valence-electron chi connectivity index (χ4n) is 1.52. The van der Waals surface area contributed by atoms with E-state index >= 15 is 0 Å². The molecule has 17 heavy (non-hydrogen) atoms. The maximum atomic E-state index is 11.7. The van der Waals surface area contributed by atoms with Crippen molar-refractivity contribution in [1.29, 1.82) is 0 Å². The van der Waals surface area contributed by atoms with E-state index in [1.54, 1.807) is 20.1 Å². The number of H-pyrrole nitrogens is 1. The van der Waals surface area contributed by atoms with Crippen LogP contribution < -0.4 is 0 Å². The molecule has 0 amide bonds. The number of hydrogen-bond donors (Lipinski definition) is 1. The van der Waals surface area contributed by atoms with Gasteiger partial charge in [0, 0.05) is 12.8 Å². The third-order valence-electron chi connectivity index (χ3n) is 2.18. The summed E-state index contributed by atoms with van der Waals surface area (Å²) in [6, 6.07) is 1.74. The van der Waals surface area contributed by atoms with E-state index in [-0.39, 0.29) is 6.10 Å². The van der Waals surface area contributed by atoms with Crippen molar-refractivity contribution >= 4 is 5.97 Å². The number of hydrogen-bond acceptors (Lipinski definition) is 4. The molecule has 1 aromatic heterocycles. The van der Waals surface area contributed by atoms with Gasteiger partial charge in [0.15, 0.2) is 5.69 Å². The molecule has 0 saturated carbocycles. The SMILES string of the molecule is COC[C@@H](C)OC(=O)c1cc(CC(C)C)[nH]n1. The maximum Gasteiger partial charge on any atom is 0.359 e. The van der Waals surface area contributed by atoms with Crippen molar-refractivity contribution in [3.05, 3.63) is 17.5 Å². The minimum Gasteiger partial charge on any atom is -0.455 e. The monoisotopic (exact) mass is 240 g/mol. The van der Waals surface area contributed by atoms with Crippen LogP contribution in [0.25, 0.3) is 0 Å². The van der Waals surface area contributed by atoms with Gasteiger partial charge in [-0.1, -0.05) is 13.8 Å². The average Bonchev–Trinajstić information content (AvgIpc) is 2.65. The van der Waals surface area contributed by atoms with Crippen LogP contribution in [0.3, 0.4) is 0 Å². The highest BCUT2D eigenvalue weighted by atomic mass is 16.6. The number of methoxy groups -OCH3 is 1. The highest BCUT2D eigenvalue weighted by molar-refractivity contribution is 5.87. The Bertz CT molecular complexity index is 360. The van der Waals surface area contributed by atoms with Gasteiger partial charge < -0.3 is 9.47 Å². The van der Waals surface area contributed by atoms with Crippen molar-refractivity contribution in [3.8, 4) is 0 Å². The molecule has 5 nitrogen and oxygen atoms in total. The van der Waals surface area contributed by atoms with Gasteiger partial charge in [-0.25, -0.2) is 4.79 Å². The molecule has 0 aromatic carbocycles. The van der Waals surface area contributed by atoms with E-state index in [1.165, 1.54) is 0 Å². The van der Waals surface area contributed by atoms with Gasteiger partial charge in [0.1, 0.15) is 6.10 Å². The molecule has 0 radical (unpaired) electrons. The topological polar surface area (TPSA) is 64.2 Å². The van der Waals surface area contributed by atoms with Crippen molar-refractivity contribution in [2.75, 3.05) is 13.7 Å². The summed E-state index contributed by atoms with van der Waals surface area (Å²) in [5.74, 6) is 0.104. The standard InChI is InChI=1S/C12H20N2O3/c1-8(2)5-10-6-11(14-13-10)12(15)17-9(3)7-16-4/h6,8-9H,5,7H2,1-4H3,(H,13,14)/t9-/m1/s1. The van der Waals surface area contributed by atoms with Crippen LogP contribution in [0, 0.1) is 5.92 Å². The highest BCUT2D eigenvalue weighted by Crippen LogP contribution is 2.08. The van der Waals surface area contributed by atoms with Gasteiger partial charge in [-0.15, -0.1) is 0 Å². The fourth-order valence-corrected chi connectivity index (χ4v) is 1.52. The average molecular weight is 240 g/mol. The predicted molar refractivity (Wildman–Crippen MR) is 63.9 cm³/mol. The Morgan fingerprint density at radius 3 is 2.76 bits per heavy atom. The first kappa shape index (κ1) is 13.7. The van der Waals surface area contributed by atoms with Gasteiger partial charge in [0.2, 0.25) is 0 Å². The largest absolute Gasteiger partial charge is 0.455 e. The number of aromatic amines is 1. The van der Waals surface area contributed by atoms with E-state index < -0.39 is 5.97 Å². The zero-order valence-corrected chi connectivity index (χ0v) is 10.8. The van der Waals surface area contributed by atoms with Crippen LogP contribution in [0.4, 0.5) is 0 Å². The lowest BCUT2D eigenvalue weighted by molar-refractivity contribution is 0.0114. The molecule has 0 aliphatic carbocycles. The molecule has 0 saturated heterocycles. The predicted octanol–water partition coefficient (Wildman–Crippen LogP) is 1.80. The van der Waals surface area contributed by atoms with E-state index in [2.05, 4.69) is 24.0 Å². The summed E-state index contributed by atoms with van der Waals surface area (Å²) < 4.78 is 10.0. The third kappa shape index (κ3) is 4.56. The van der Waals surface area contributed by atoms with E-state index in [0.29, 0.717) is 18.2 Å². The van der Waals surface area contributed by atoms with Crippen LogP contribution in [0.5, 0.6) is 0 Å². The first-order valence-corrected chi connectivity index (χ1v) is 5.77. The minimum atomic E-state index is -0.416. The summed E-state index contributed by atoms with van der Waals surface area (Å²) in [6.07, 6.45) is 0.603. The smallest absolute Gasteiger partial charge is 0.359 e. The van der Waals surface area contributed by atoms with E-state index in [4.69, 9.17) is 9.47 Å². The van der Waals surface area contributed by atoms with E-state index in [9.17, 15) is 4.79 Å². The van der Waals surface area contributed by atoms with Crippen LogP contribution in [0.1, 0.15) is 37.0 Å². The van der Waals surface area contributed by atoms with Crippen molar-refractivity contribution in [1.82, 2.24) is 10.2 Å². The number of aromatic nitrogens is 2. The Kier molecular flexibility index (Phi) is 5.15. The summed E-state index contributed by atoms with van der Waals surface area (Å²) in [5.41, 5.74) is 1.27. The zero-order valence-electron chi connectivity index (χ0n) is 10.8. The van der Waals surface area contributed by atoms with E-state index in [0.717, 1.165) is 12.1 Å². The van der Waals surface area contributed by atoms with Crippen molar-refractivity contribution < 1.29 is 14.3 Å². The van der Waals surface area contributed by atoms with E-state index in [1.807, 2.05) is 0 Å². The quantitative estimate of drug-likeness (QED) is 0.770. The lowest BCUT2D eigenvalue weighted by atomic mass is 10.1. The summed E-state index contributed by atoms with van der Waals surface area (Å²) >= 11 is 0. The number of esters is 1. The third-order valence-corrected chi connectivity index (χ3v) is 2.18. The molecule has 0 unspecified atom stereocenters. The molecule has 0 aliphatic heterocycles. The zero-order chi connectivity index (χ0) is 12.8. The summed E-state index contributed by atoms with van der Waals surface area (Å²) in [7, 11) is 1.57. The Labute approximate surface area is 102 Å². The molecule has 1 atom stereocenters. The molecule has 0 aliphatic rings. The summed E-state index contributed by atoms with van der Waals surface area (Å²) in [4.78, 5) is 11.7. The molecule has 1 N–H and O–H groups in total. The Morgan fingerprint density at radius 2 is 2.18 bits per heavy atom. The lowest BCUT2D eigenvalue weighted by Crippen LogP contribution is -2.19. The van der Waals surface area contributed by atoms with Gasteiger partial charge in [0.05, 0.1) is 6.61 Å². The number of ether oxygens (including phenoxy) is 2. The highest BCUT2D eigenvalue weighted by Gasteiger charge is 2.15. The number of rotatable bonds is 6. The molecular formula is C12H20N2O3. The van der Waals surface area contributed by atoms with Crippen LogP contribution in [0.2, 0.25) is 0 Å². The van der Waals surface area contributed by atoms with Crippen LogP contribution in [0.15, 0.2) is 6.07 Å². The van der Waals surface area contributed by atoms with Crippen LogP contribution >= 0.6 is 0 Å². The summed E-state index contributed by atoms with van der Waals surface area (Å²) in [5, 5.41) is 6.78. The number of carbonyl (C=O) groups excluding carboxylic acids is 1. The van der Waals surface area contributed by atoms with Crippen LogP contribution in [-0.4, -0.2) is 36.0 Å². The minimum absolute atomic E-state index is 0.266. The maximum absolute atomic E-state index is 11.7. The lowest BCUT2D eigenvalue weighted by Gasteiger charge is -2.10. The molecule has 1 heterocycles. The molecule has 0 fully saturated rings. The van der Waals surface area contributed by atoms with Crippen molar-refractivity contribution in [2.24, 2.45) is 5.92 Å². The Hall–Kier alpha value is -1.36. The van der Waals surface area contributed by atoms with Crippen molar-refractivity contribution in [2.45, 2.75) is 33.3 Å². The van der Waals surface area contributed by atoms with Gasteiger partial charge in [-0.05, 0) is 25.3 Å².